The third-order valence-corrected chi connectivity index (χ3v) is 5.98. The van der Waals surface area contributed by atoms with E-state index in [4.69, 9.17) is 0 Å². The summed E-state index contributed by atoms with van der Waals surface area (Å²) < 4.78 is 0. The molecule has 0 saturated heterocycles. The summed E-state index contributed by atoms with van der Waals surface area (Å²) in [6, 6.07) is 5.84. The molecule has 2 heteroatoms. The van der Waals surface area contributed by atoms with Gasteiger partial charge in [0.15, 0.2) is 5.78 Å². The number of allylic oxidation sites excluding steroid dienone is 2. The second-order valence-electron chi connectivity index (χ2n) is 6.90. The summed E-state index contributed by atoms with van der Waals surface area (Å²) >= 11 is 0. The first-order chi connectivity index (χ1) is 9.59. The van der Waals surface area contributed by atoms with Crippen molar-refractivity contribution in [2.75, 3.05) is 0 Å². The Kier molecular flexibility index (Phi) is 3.23. The lowest BCUT2D eigenvalue weighted by Crippen LogP contribution is -2.42. The molecule has 1 fully saturated rings. The van der Waals surface area contributed by atoms with Crippen molar-refractivity contribution in [3.63, 3.8) is 0 Å². The maximum atomic E-state index is 12.2. The topological polar surface area (TPSA) is 37.3 Å². The Bertz CT molecular complexity index is 616. The minimum absolute atomic E-state index is 0. The highest BCUT2D eigenvalue weighted by atomic mass is 16.3. The van der Waals surface area contributed by atoms with Crippen LogP contribution in [0.1, 0.15) is 50.7 Å². The summed E-state index contributed by atoms with van der Waals surface area (Å²) in [5.74, 6) is 2.27. The van der Waals surface area contributed by atoms with Crippen molar-refractivity contribution < 1.29 is 9.90 Å². The number of benzene rings is 1. The number of phenolic OH excluding ortho intramolecular Hbond substituents is 1. The van der Waals surface area contributed by atoms with Gasteiger partial charge in [-0.05, 0) is 72.8 Å². The van der Waals surface area contributed by atoms with Gasteiger partial charge in [-0.25, -0.2) is 0 Å². The summed E-state index contributed by atoms with van der Waals surface area (Å²) in [6.07, 6.45) is 8.25. The zero-order valence-electron chi connectivity index (χ0n) is 11.8. The van der Waals surface area contributed by atoms with Gasteiger partial charge in [0.05, 0.1) is 0 Å². The van der Waals surface area contributed by atoms with E-state index in [1.165, 1.54) is 11.1 Å². The normalized spacial score (nSPS) is 36.4. The van der Waals surface area contributed by atoms with Crippen molar-refractivity contribution in [2.45, 2.75) is 46.0 Å². The standard InChI is InChI=1S/C18H20O2.CH4/c1-18-9-8-14-13-5-3-12(19)10-11(13)2-4-15(14)16(18)6-7-17(18)20;/h3,5-7,10,14-16,19H,2,4,8-9H2,1H3;1H4. The highest BCUT2D eigenvalue weighted by Gasteiger charge is 2.52. The molecule has 0 spiro atoms. The van der Waals surface area contributed by atoms with E-state index in [-0.39, 0.29) is 12.8 Å². The van der Waals surface area contributed by atoms with Crippen LogP contribution in [0.2, 0.25) is 0 Å². The molecule has 4 unspecified atom stereocenters. The lowest BCUT2D eigenvalue weighted by molar-refractivity contribution is -0.126. The molecule has 2 nitrogen and oxygen atoms in total. The van der Waals surface area contributed by atoms with Gasteiger partial charge in [0.25, 0.3) is 0 Å². The van der Waals surface area contributed by atoms with Crippen molar-refractivity contribution in [2.24, 2.45) is 17.3 Å². The van der Waals surface area contributed by atoms with Crippen LogP contribution in [0.5, 0.6) is 5.75 Å². The van der Waals surface area contributed by atoms with E-state index in [0.717, 1.165) is 25.7 Å². The van der Waals surface area contributed by atoms with Crippen LogP contribution in [0, 0.1) is 17.3 Å². The predicted molar refractivity (Wildman–Crippen MR) is 84.4 cm³/mol. The Labute approximate surface area is 126 Å². The highest BCUT2D eigenvalue weighted by molar-refractivity contribution is 5.97. The third-order valence-electron chi connectivity index (χ3n) is 5.98. The Morgan fingerprint density at radius 2 is 2.10 bits per heavy atom. The first-order valence-electron chi connectivity index (χ1n) is 7.64. The van der Waals surface area contributed by atoms with Crippen LogP contribution in [-0.4, -0.2) is 10.9 Å². The van der Waals surface area contributed by atoms with Crippen LogP contribution in [0.4, 0.5) is 0 Å². The van der Waals surface area contributed by atoms with E-state index in [2.05, 4.69) is 19.1 Å². The number of fused-ring (bicyclic) bond motifs is 5. The second-order valence-corrected chi connectivity index (χ2v) is 6.90. The molecule has 3 aliphatic carbocycles. The zero-order chi connectivity index (χ0) is 13.9. The number of rotatable bonds is 0. The van der Waals surface area contributed by atoms with E-state index < -0.39 is 0 Å². The average molecular weight is 284 g/mol. The second kappa shape index (κ2) is 4.72. The first-order valence-corrected chi connectivity index (χ1v) is 7.64. The van der Waals surface area contributed by atoms with Gasteiger partial charge in [-0.2, -0.15) is 0 Å². The van der Waals surface area contributed by atoms with Gasteiger partial charge in [-0.15, -0.1) is 0 Å². The number of carbonyl (C=O) groups excluding carboxylic acids is 1. The van der Waals surface area contributed by atoms with Crippen molar-refractivity contribution in [1.29, 1.82) is 0 Å². The molecule has 112 valence electrons. The van der Waals surface area contributed by atoms with Gasteiger partial charge in [-0.3, -0.25) is 4.79 Å². The molecule has 1 aromatic carbocycles. The van der Waals surface area contributed by atoms with E-state index >= 15 is 0 Å². The third kappa shape index (κ3) is 1.88. The Hall–Kier alpha value is -1.57. The van der Waals surface area contributed by atoms with Crippen molar-refractivity contribution in [1.82, 2.24) is 0 Å². The molecule has 0 bridgehead atoms. The van der Waals surface area contributed by atoms with Gasteiger partial charge < -0.3 is 5.11 Å². The van der Waals surface area contributed by atoms with E-state index in [1.807, 2.05) is 18.2 Å². The van der Waals surface area contributed by atoms with Crippen LogP contribution in [0.25, 0.3) is 0 Å². The van der Waals surface area contributed by atoms with Crippen molar-refractivity contribution in [3.8, 4) is 5.75 Å². The number of carbonyl (C=O) groups is 1. The molecular weight excluding hydrogens is 260 g/mol. The molecule has 0 aliphatic heterocycles. The quantitative estimate of drug-likeness (QED) is 0.774. The van der Waals surface area contributed by atoms with Gasteiger partial charge in [-0.1, -0.05) is 26.5 Å². The number of aromatic hydroxyl groups is 1. The molecule has 1 aromatic rings. The molecule has 1 saturated carbocycles. The Morgan fingerprint density at radius 3 is 2.90 bits per heavy atom. The smallest absolute Gasteiger partial charge is 0.161 e. The maximum Gasteiger partial charge on any atom is 0.161 e. The molecule has 0 heterocycles. The van der Waals surface area contributed by atoms with Gasteiger partial charge in [0, 0.05) is 5.41 Å². The molecule has 4 atom stereocenters. The molecule has 3 aliphatic rings. The summed E-state index contributed by atoms with van der Waals surface area (Å²) in [5, 5.41) is 9.65. The summed E-state index contributed by atoms with van der Waals surface area (Å²) in [7, 11) is 0. The SMILES string of the molecule is C.CC12CCC3c4ccc(O)cc4CCC3C1C=CC2=O. The molecule has 21 heavy (non-hydrogen) atoms. The average Bonchev–Trinajstić information content (AvgIpc) is 2.74. The number of aryl methyl sites for hydroxylation is 1. The molecular formula is C19H24O2. The number of ketones is 1. The van der Waals surface area contributed by atoms with Gasteiger partial charge >= 0.3 is 0 Å². The maximum absolute atomic E-state index is 12.2. The summed E-state index contributed by atoms with van der Waals surface area (Å²) in [4.78, 5) is 12.2. The highest BCUT2D eigenvalue weighted by Crippen LogP contribution is 2.57. The lowest BCUT2D eigenvalue weighted by atomic mass is 9.55. The fraction of sp³-hybridized carbons (Fsp3) is 0.526. The Balaban J connectivity index is 0.00000132. The number of phenols is 1. The lowest BCUT2D eigenvalue weighted by Gasteiger charge is -2.48. The summed E-state index contributed by atoms with van der Waals surface area (Å²) in [6.45, 7) is 2.16. The predicted octanol–water partition coefficient (Wildman–Crippen LogP) is 4.23. The molecule has 0 aromatic heterocycles. The van der Waals surface area contributed by atoms with Crippen LogP contribution >= 0.6 is 0 Å². The zero-order valence-corrected chi connectivity index (χ0v) is 11.8. The van der Waals surface area contributed by atoms with E-state index in [9.17, 15) is 9.90 Å². The largest absolute Gasteiger partial charge is 0.508 e. The minimum Gasteiger partial charge on any atom is -0.508 e. The van der Waals surface area contributed by atoms with Gasteiger partial charge in [0.2, 0.25) is 0 Å². The molecule has 1 N–H and O–H groups in total. The van der Waals surface area contributed by atoms with Crippen LogP contribution in [0.15, 0.2) is 30.4 Å². The number of hydrogen-bond acceptors (Lipinski definition) is 2. The van der Waals surface area contributed by atoms with Crippen LogP contribution in [0.3, 0.4) is 0 Å². The van der Waals surface area contributed by atoms with E-state index in [0.29, 0.717) is 29.3 Å². The molecule has 4 rings (SSSR count). The van der Waals surface area contributed by atoms with Crippen molar-refractivity contribution in [3.05, 3.63) is 41.5 Å². The molecule has 0 amide bonds. The van der Waals surface area contributed by atoms with Gasteiger partial charge in [0.1, 0.15) is 5.75 Å². The fourth-order valence-corrected chi connectivity index (χ4v) is 4.84. The number of hydrogen-bond donors (Lipinski definition) is 1. The minimum atomic E-state index is -0.143. The molecule has 0 radical (unpaired) electrons. The Morgan fingerprint density at radius 1 is 1.29 bits per heavy atom. The van der Waals surface area contributed by atoms with Crippen molar-refractivity contribution >= 4 is 5.78 Å². The monoisotopic (exact) mass is 284 g/mol. The van der Waals surface area contributed by atoms with E-state index in [1.54, 1.807) is 0 Å². The summed E-state index contributed by atoms with van der Waals surface area (Å²) in [5.41, 5.74) is 2.58. The fourth-order valence-electron chi connectivity index (χ4n) is 4.84. The van der Waals surface area contributed by atoms with Crippen LogP contribution in [-0.2, 0) is 11.2 Å². The first kappa shape index (κ1) is 14.4. The van der Waals surface area contributed by atoms with Crippen LogP contribution < -0.4 is 0 Å².